The molecule has 0 saturated carbocycles. The van der Waals surface area contributed by atoms with Crippen molar-refractivity contribution in [3.05, 3.63) is 61.9 Å². The first-order valence-corrected chi connectivity index (χ1v) is 5.00. The summed E-state index contributed by atoms with van der Waals surface area (Å²) >= 11 is 0. The van der Waals surface area contributed by atoms with E-state index in [1.54, 1.807) is 6.08 Å². The summed E-state index contributed by atoms with van der Waals surface area (Å²) in [5, 5.41) is 3.31. The second kappa shape index (κ2) is 5.37. The number of hydrogen-bond donors (Lipinski definition) is 1. The van der Waals surface area contributed by atoms with Crippen molar-refractivity contribution < 1.29 is 0 Å². The molecule has 0 aromatic rings. The Morgan fingerprint density at radius 2 is 2.07 bits per heavy atom. The van der Waals surface area contributed by atoms with Crippen LogP contribution in [0.15, 0.2) is 61.9 Å². The Labute approximate surface area is 92.0 Å². The van der Waals surface area contributed by atoms with Crippen LogP contribution < -0.4 is 5.32 Å². The molecule has 0 aromatic heterocycles. The highest BCUT2D eigenvalue weighted by Gasteiger charge is 2.22. The summed E-state index contributed by atoms with van der Waals surface area (Å²) in [6, 6.07) is 0. The van der Waals surface area contributed by atoms with E-state index in [4.69, 9.17) is 0 Å². The maximum Gasteiger partial charge on any atom is 0.0985 e. The first-order valence-electron chi connectivity index (χ1n) is 5.00. The van der Waals surface area contributed by atoms with Gasteiger partial charge in [-0.25, -0.2) is 0 Å². The third kappa shape index (κ3) is 2.70. The van der Waals surface area contributed by atoms with E-state index in [-0.39, 0.29) is 6.17 Å². The van der Waals surface area contributed by atoms with Gasteiger partial charge in [0.05, 0.1) is 6.17 Å². The number of allylic oxidation sites excluding steroid dienone is 3. The minimum Gasteiger partial charge on any atom is -0.351 e. The van der Waals surface area contributed by atoms with Gasteiger partial charge < -0.3 is 4.90 Å². The molecule has 1 N–H and O–H groups in total. The van der Waals surface area contributed by atoms with Crippen LogP contribution in [0.3, 0.4) is 0 Å². The van der Waals surface area contributed by atoms with Crippen molar-refractivity contribution in [1.29, 1.82) is 0 Å². The Balaban J connectivity index is 2.67. The zero-order valence-electron chi connectivity index (χ0n) is 9.08. The van der Waals surface area contributed by atoms with Crippen LogP contribution in [-0.2, 0) is 0 Å². The van der Waals surface area contributed by atoms with Gasteiger partial charge in [0.1, 0.15) is 0 Å². The third-order valence-electron chi connectivity index (χ3n) is 2.42. The van der Waals surface area contributed by atoms with Crippen LogP contribution in [0.4, 0.5) is 0 Å². The number of nitrogens with zero attached hydrogens (tertiary/aromatic N) is 1. The standard InChI is InChI=1S/C13H18N2/c1-5-7-8-11(3)12(4)15-10-9-14-13(15)6-2/h5-8,13-14H,1-4,9-10H2/b8-7-. The molecule has 2 heteroatoms. The van der Waals surface area contributed by atoms with E-state index >= 15 is 0 Å². The molecule has 1 atom stereocenters. The molecule has 1 unspecified atom stereocenters. The zero-order chi connectivity index (χ0) is 11.3. The molecule has 1 aliphatic rings. The molecule has 1 heterocycles. The lowest BCUT2D eigenvalue weighted by molar-refractivity contribution is 0.363. The largest absolute Gasteiger partial charge is 0.351 e. The van der Waals surface area contributed by atoms with E-state index in [0.717, 1.165) is 24.4 Å². The highest BCUT2D eigenvalue weighted by molar-refractivity contribution is 5.36. The van der Waals surface area contributed by atoms with Crippen LogP contribution in [0.5, 0.6) is 0 Å². The average Bonchev–Trinajstić information content (AvgIpc) is 2.72. The van der Waals surface area contributed by atoms with E-state index in [9.17, 15) is 0 Å². The smallest absolute Gasteiger partial charge is 0.0985 e. The van der Waals surface area contributed by atoms with Crippen LogP contribution in [0.2, 0.25) is 0 Å². The third-order valence-corrected chi connectivity index (χ3v) is 2.42. The first-order chi connectivity index (χ1) is 7.20. The van der Waals surface area contributed by atoms with Crippen LogP contribution in [0.25, 0.3) is 0 Å². The van der Waals surface area contributed by atoms with Gasteiger partial charge in [-0.15, -0.1) is 0 Å². The van der Waals surface area contributed by atoms with Crippen LogP contribution in [0.1, 0.15) is 0 Å². The fraction of sp³-hybridized carbons (Fsp3) is 0.231. The minimum absolute atomic E-state index is 0.173. The van der Waals surface area contributed by atoms with Crippen molar-refractivity contribution in [2.45, 2.75) is 6.17 Å². The summed E-state index contributed by atoms with van der Waals surface area (Å²) in [4.78, 5) is 2.16. The lowest BCUT2D eigenvalue weighted by atomic mass is 10.2. The Morgan fingerprint density at radius 1 is 1.33 bits per heavy atom. The molecular formula is C13H18N2. The SMILES string of the molecule is C=C/C=C\C(=C)C(=C)N1CCNC1C=C. The molecule has 0 aliphatic carbocycles. The molecule has 1 aliphatic heterocycles. The molecular weight excluding hydrogens is 184 g/mol. The van der Waals surface area contributed by atoms with Crippen LogP contribution >= 0.6 is 0 Å². The monoisotopic (exact) mass is 202 g/mol. The highest BCUT2D eigenvalue weighted by Crippen LogP contribution is 2.18. The summed E-state index contributed by atoms with van der Waals surface area (Å²) in [6.45, 7) is 17.3. The number of hydrogen-bond acceptors (Lipinski definition) is 2. The maximum atomic E-state index is 4.04. The van der Waals surface area contributed by atoms with Crippen molar-refractivity contribution in [2.24, 2.45) is 0 Å². The fourth-order valence-electron chi connectivity index (χ4n) is 1.56. The number of nitrogens with one attached hydrogen (secondary N) is 1. The molecule has 0 radical (unpaired) electrons. The molecule has 2 nitrogen and oxygen atoms in total. The van der Waals surface area contributed by atoms with Crippen molar-refractivity contribution >= 4 is 0 Å². The predicted molar refractivity (Wildman–Crippen MR) is 66.3 cm³/mol. The van der Waals surface area contributed by atoms with Crippen LogP contribution in [0, 0.1) is 0 Å². The van der Waals surface area contributed by atoms with Gasteiger partial charge in [-0.2, -0.15) is 0 Å². The first kappa shape index (κ1) is 11.5. The Morgan fingerprint density at radius 3 is 2.67 bits per heavy atom. The van der Waals surface area contributed by atoms with Crippen molar-refractivity contribution in [1.82, 2.24) is 10.2 Å². The van der Waals surface area contributed by atoms with E-state index in [2.05, 4.69) is 36.5 Å². The molecule has 80 valence electrons. The molecule has 0 spiro atoms. The van der Waals surface area contributed by atoms with Gasteiger partial charge in [-0.05, 0) is 5.57 Å². The molecule has 1 fully saturated rings. The molecule has 1 rings (SSSR count). The second-order valence-corrected chi connectivity index (χ2v) is 3.39. The normalized spacial score (nSPS) is 20.5. The summed E-state index contributed by atoms with van der Waals surface area (Å²) in [5.41, 5.74) is 1.84. The zero-order valence-corrected chi connectivity index (χ0v) is 9.08. The fourth-order valence-corrected chi connectivity index (χ4v) is 1.56. The quantitative estimate of drug-likeness (QED) is 0.543. The maximum absolute atomic E-state index is 4.04. The number of rotatable bonds is 5. The van der Waals surface area contributed by atoms with Gasteiger partial charge in [0, 0.05) is 18.8 Å². The lowest BCUT2D eigenvalue weighted by Gasteiger charge is -2.25. The van der Waals surface area contributed by atoms with Crippen molar-refractivity contribution in [3.8, 4) is 0 Å². The summed E-state index contributed by atoms with van der Waals surface area (Å²) in [7, 11) is 0. The molecule has 0 aromatic carbocycles. The lowest BCUT2D eigenvalue weighted by Crippen LogP contribution is -2.32. The summed E-state index contributed by atoms with van der Waals surface area (Å²) < 4.78 is 0. The molecule has 1 saturated heterocycles. The van der Waals surface area contributed by atoms with E-state index in [1.165, 1.54) is 0 Å². The Kier molecular flexibility index (Phi) is 4.13. The van der Waals surface area contributed by atoms with Gasteiger partial charge in [-0.3, -0.25) is 5.32 Å². The minimum atomic E-state index is 0.173. The van der Waals surface area contributed by atoms with E-state index < -0.39 is 0 Å². The van der Waals surface area contributed by atoms with Gasteiger partial charge >= 0.3 is 0 Å². The Hall–Kier alpha value is -1.54. The van der Waals surface area contributed by atoms with Crippen molar-refractivity contribution in [2.75, 3.05) is 13.1 Å². The van der Waals surface area contributed by atoms with Crippen LogP contribution in [-0.4, -0.2) is 24.2 Å². The van der Waals surface area contributed by atoms with Gasteiger partial charge in [0.15, 0.2) is 0 Å². The van der Waals surface area contributed by atoms with Gasteiger partial charge in [0.25, 0.3) is 0 Å². The summed E-state index contributed by atoms with van der Waals surface area (Å²) in [5.74, 6) is 0. The second-order valence-electron chi connectivity index (χ2n) is 3.39. The molecule has 15 heavy (non-hydrogen) atoms. The highest BCUT2D eigenvalue weighted by atomic mass is 15.3. The Bertz CT molecular complexity index is 312. The van der Waals surface area contributed by atoms with E-state index in [0.29, 0.717) is 0 Å². The van der Waals surface area contributed by atoms with E-state index in [1.807, 2.05) is 18.2 Å². The molecule has 0 bridgehead atoms. The van der Waals surface area contributed by atoms with Gasteiger partial charge in [0.2, 0.25) is 0 Å². The molecule has 0 amide bonds. The van der Waals surface area contributed by atoms with Crippen molar-refractivity contribution in [3.63, 3.8) is 0 Å². The predicted octanol–water partition coefficient (Wildman–Crippen LogP) is 2.22. The topological polar surface area (TPSA) is 15.3 Å². The summed E-state index contributed by atoms with van der Waals surface area (Å²) in [6.07, 6.45) is 7.55. The average molecular weight is 202 g/mol. The van der Waals surface area contributed by atoms with Gasteiger partial charge in [-0.1, -0.05) is 50.6 Å².